The first-order valence-corrected chi connectivity index (χ1v) is 7.29. The summed E-state index contributed by atoms with van der Waals surface area (Å²) in [5, 5.41) is 0. The number of carbonyl (C=O) groups is 1. The van der Waals surface area contributed by atoms with Crippen LogP contribution in [0.2, 0.25) is 0 Å². The molecule has 1 aromatic rings. The molecule has 6 heteroatoms. The summed E-state index contributed by atoms with van der Waals surface area (Å²) >= 11 is 8.85. The molecular formula is C13H14BrClFNO2. The molecule has 1 aliphatic rings. The molecule has 0 bridgehead atoms. The average Bonchev–Trinajstić information content (AvgIpc) is 2.40. The van der Waals surface area contributed by atoms with E-state index in [-0.39, 0.29) is 18.1 Å². The molecule has 0 radical (unpaired) electrons. The van der Waals surface area contributed by atoms with Crippen LogP contribution in [-0.4, -0.2) is 42.0 Å². The van der Waals surface area contributed by atoms with Gasteiger partial charge in [-0.2, -0.15) is 0 Å². The molecule has 1 amide bonds. The summed E-state index contributed by atoms with van der Waals surface area (Å²) in [5.41, 5.74) is 0.336. The number of rotatable bonds is 2. The van der Waals surface area contributed by atoms with Crippen LogP contribution in [0.15, 0.2) is 22.7 Å². The van der Waals surface area contributed by atoms with Gasteiger partial charge in [0, 0.05) is 18.7 Å². The molecule has 0 aliphatic carbocycles. The Morgan fingerprint density at radius 1 is 1.58 bits per heavy atom. The third-order valence-electron chi connectivity index (χ3n) is 2.95. The van der Waals surface area contributed by atoms with E-state index < -0.39 is 5.82 Å². The smallest absolute Gasteiger partial charge is 0.254 e. The molecule has 0 spiro atoms. The van der Waals surface area contributed by atoms with Gasteiger partial charge in [-0.3, -0.25) is 4.79 Å². The third-order valence-corrected chi connectivity index (χ3v) is 3.94. The molecule has 1 aromatic carbocycles. The van der Waals surface area contributed by atoms with Crippen molar-refractivity contribution in [2.75, 3.05) is 19.0 Å². The number of benzene rings is 1. The number of ether oxygens (including phenoxy) is 1. The van der Waals surface area contributed by atoms with Crippen molar-refractivity contribution in [2.45, 2.75) is 19.1 Å². The predicted octanol–water partition coefficient (Wildman–Crippen LogP) is 3.06. The summed E-state index contributed by atoms with van der Waals surface area (Å²) in [5.74, 6) is -0.305. The van der Waals surface area contributed by atoms with Gasteiger partial charge in [-0.05, 0) is 41.1 Å². The maximum absolute atomic E-state index is 13.5. The van der Waals surface area contributed by atoms with Gasteiger partial charge < -0.3 is 9.64 Å². The first kappa shape index (κ1) is 14.8. The van der Waals surface area contributed by atoms with Crippen LogP contribution in [-0.2, 0) is 4.74 Å². The van der Waals surface area contributed by atoms with E-state index in [9.17, 15) is 9.18 Å². The molecule has 1 aliphatic heterocycles. The first-order chi connectivity index (χ1) is 9.01. The van der Waals surface area contributed by atoms with Gasteiger partial charge in [0.1, 0.15) is 5.82 Å². The Labute approximate surface area is 124 Å². The van der Waals surface area contributed by atoms with Crippen molar-refractivity contribution in [3.63, 3.8) is 0 Å². The number of hydrogen-bond acceptors (Lipinski definition) is 2. The normalized spacial score (nSPS) is 23.5. The third kappa shape index (κ3) is 3.46. The lowest BCUT2D eigenvalue weighted by atomic mass is 10.1. The zero-order valence-electron chi connectivity index (χ0n) is 10.4. The van der Waals surface area contributed by atoms with Gasteiger partial charge in [0.05, 0.1) is 22.6 Å². The number of alkyl halides is 1. The molecule has 2 unspecified atom stereocenters. The lowest BCUT2D eigenvalue weighted by Crippen LogP contribution is -2.49. The van der Waals surface area contributed by atoms with Crippen LogP contribution in [0.25, 0.3) is 0 Å². The van der Waals surface area contributed by atoms with Crippen LogP contribution in [0.1, 0.15) is 17.3 Å². The van der Waals surface area contributed by atoms with Gasteiger partial charge >= 0.3 is 0 Å². The molecular weight excluding hydrogens is 337 g/mol. The molecule has 104 valence electrons. The summed E-state index contributed by atoms with van der Waals surface area (Å²) in [7, 11) is 0. The van der Waals surface area contributed by atoms with Crippen molar-refractivity contribution in [3.8, 4) is 0 Å². The van der Waals surface area contributed by atoms with E-state index in [1.807, 2.05) is 6.92 Å². The van der Waals surface area contributed by atoms with Gasteiger partial charge in [-0.25, -0.2) is 4.39 Å². The van der Waals surface area contributed by atoms with E-state index in [2.05, 4.69) is 15.9 Å². The van der Waals surface area contributed by atoms with E-state index in [0.29, 0.717) is 29.0 Å². The Hall–Kier alpha value is -0.650. The molecule has 2 rings (SSSR count). The first-order valence-electron chi connectivity index (χ1n) is 5.97. The SMILES string of the molecule is CC1CN(C(=O)c2ccc(Br)c(F)c2)CC(CCl)O1. The number of nitrogens with zero attached hydrogens (tertiary/aromatic N) is 1. The van der Waals surface area contributed by atoms with Gasteiger partial charge in [0.15, 0.2) is 0 Å². The summed E-state index contributed by atoms with van der Waals surface area (Å²) in [6.45, 7) is 2.81. The minimum absolute atomic E-state index is 0.0678. The number of halogens is 3. The van der Waals surface area contributed by atoms with Crippen molar-refractivity contribution < 1.29 is 13.9 Å². The average molecular weight is 351 g/mol. The maximum Gasteiger partial charge on any atom is 0.254 e. The van der Waals surface area contributed by atoms with Gasteiger partial charge in [-0.15, -0.1) is 11.6 Å². The highest BCUT2D eigenvalue weighted by Gasteiger charge is 2.28. The van der Waals surface area contributed by atoms with E-state index in [1.165, 1.54) is 12.1 Å². The fraction of sp³-hybridized carbons (Fsp3) is 0.462. The number of morpholine rings is 1. The lowest BCUT2D eigenvalue weighted by molar-refractivity contribution is -0.0570. The molecule has 1 saturated heterocycles. The molecule has 1 fully saturated rings. The Morgan fingerprint density at radius 3 is 2.95 bits per heavy atom. The van der Waals surface area contributed by atoms with E-state index >= 15 is 0 Å². The summed E-state index contributed by atoms with van der Waals surface area (Å²) in [6.07, 6.45) is -0.239. The largest absolute Gasteiger partial charge is 0.370 e. The number of carbonyl (C=O) groups excluding carboxylic acids is 1. The molecule has 0 aromatic heterocycles. The minimum Gasteiger partial charge on any atom is -0.370 e. The Kier molecular flexibility index (Phi) is 4.81. The zero-order chi connectivity index (χ0) is 14.0. The standard InChI is InChI=1S/C13H14BrClFNO2/c1-8-6-17(7-10(5-15)19-8)13(18)9-2-3-11(14)12(16)4-9/h2-4,8,10H,5-7H2,1H3. The van der Waals surface area contributed by atoms with E-state index in [0.717, 1.165) is 0 Å². The summed E-state index contributed by atoms with van der Waals surface area (Å²) in [6, 6.07) is 4.37. The van der Waals surface area contributed by atoms with Crippen LogP contribution in [0.3, 0.4) is 0 Å². The number of hydrogen-bond donors (Lipinski definition) is 0. The second kappa shape index (κ2) is 6.20. The predicted molar refractivity (Wildman–Crippen MR) is 75.1 cm³/mol. The Morgan fingerprint density at radius 2 is 2.32 bits per heavy atom. The van der Waals surface area contributed by atoms with Gasteiger partial charge in [0.25, 0.3) is 5.91 Å². The minimum atomic E-state index is -0.443. The molecule has 19 heavy (non-hydrogen) atoms. The van der Waals surface area contributed by atoms with E-state index in [1.54, 1.807) is 11.0 Å². The van der Waals surface area contributed by atoms with Gasteiger partial charge in [0.2, 0.25) is 0 Å². The van der Waals surface area contributed by atoms with Crippen LogP contribution in [0.4, 0.5) is 4.39 Å². The van der Waals surface area contributed by atoms with Crippen molar-refractivity contribution in [2.24, 2.45) is 0 Å². The highest BCUT2D eigenvalue weighted by Crippen LogP contribution is 2.19. The molecule has 1 heterocycles. The Balaban J connectivity index is 2.16. The molecule has 3 nitrogen and oxygen atoms in total. The Bertz CT molecular complexity index is 486. The van der Waals surface area contributed by atoms with Crippen molar-refractivity contribution in [3.05, 3.63) is 34.1 Å². The fourth-order valence-corrected chi connectivity index (χ4v) is 2.52. The molecule has 0 saturated carbocycles. The quantitative estimate of drug-likeness (QED) is 0.767. The van der Waals surface area contributed by atoms with Crippen LogP contribution in [0.5, 0.6) is 0 Å². The highest BCUT2D eigenvalue weighted by molar-refractivity contribution is 9.10. The van der Waals surface area contributed by atoms with Crippen LogP contribution < -0.4 is 0 Å². The van der Waals surface area contributed by atoms with Crippen LogP contribution in [0, 0.1) is 5.82 Å². The maximum atomic E-state index is 13.5. The van der Waals surface area contributed by atoms with Crippen molar-refractivity contribution in [1.82, 2.24) is 4.90 Å². The second-order valence-corrected chi connectivity index (χ2v) is 5.72. The van der Waals surface area contributed by atoms with Crippen molar-refractivity contribution >= 4 is 33.4 Å². The fourth-order valence-electron chi connectivity index (χ4n) is 2.11. The van der Waals surface area contributed by atoms with Crippen LogP contribution >= 0.6 is 27.5 Å². The highest BCUT2D eigenvalue weighted by atomic mass is 79.9. The zero-order valence-corrected chi connectivity index (χ0v) is 12.7. The lowest BCUT2D eigenvalue weighted by Gasteiger charge is -2.36. The number of amides is 1. The van der Waals surface area contributed by atoms with Gasteiger partial charge in [-0.1, -0.05) is 0 Å². The second-order valence-electron chi connectivity index (χ2n) is 4.56. The monoisotopic (exact) mass is 349 g/mol. The molecule has 2 atom stereocenters. The summed E-state index contributed by atoms with van der Waals surface area (Å²) in [4.78, 5) is 14.0. The topological polar surface area (TPSA) is 29.5 Å². The van der Waals surface area contributed by atoms with Crippen molar-refractivity contribution in [1.29, 1.82) is 0 Å². The molecule has 0 N–H and O–H groups in total. The summed E-state index contributed by atoms with van der Waals surface area (Å²) < 4.78 is 19.4. The van der Waals surface area contributed by atoms with E-state index in [4.69, 9.17) is 16.3 Å².